The SMILES string of the molecule is O=Cc1c(C(F)(F)F)cc(Cl)cc1C(F)(F)F. The van der Waals surface area contributed by atoms with Crippen molar-refractivity contribution in [3.63, 3.8) is 0 Å². The van der Waals surface area contributed by atoms with Gasteiger partial charge >= 0.3 is 12.4 Å². The van der Waals surface area contributed by atoms with Crippen LogP contribution in [0.25, 0.3) is 0 Å². The first-order valence-corrected chi connectivity index (χ1v) is 4.38. The summed E-state index contributed by atoms with van der Waals surface area (Å²) >= 11 is 5.18. The van der Waals surface area contributed by atoms with Gasteiger partial charge in [-0.25, -0.2) is 0 Å². The molecule has 0 bridgehead atoms. The molecule has 0 saturated heterocycles. The number of aldehydes is 1. The Morgan fingerprint density at radius 1 is 0.941 bits per heavy atom. The van der Waals surface area contributed by atoms with Crippen molar-refractivity contribution in [2.75, 3.05) is 0 Å². The summed E-state index contributed by atoms with van der Waals surface area (Å²) in [7, 11) is 0. The number of carbonyl (C=O) groups excluding carboxylic acids is 1. The Hall–Kier alpha value is -1.24. The van der Waals surface area contributed by atoms with Crippen LogP contribution in [0.4, 0.5) is 26.3 Å². The molecular formula is C9H3ClF6O. The molecule has 0 aromatic heterocycles. The first-order valence-electron chi connectivity index (χ1n) is 4.00. The Balaban J connectivity index is 3.64. The van der Waals surface area contributed by atoms with Gasteiger partial charge in [-0.2, -0.15) is 26.3 Å². The summed E-state index contributed by atoms with van der Waals surface area (Å²) in [6.45, 7) is 0. The summed E-state index contributed by atoms with van der Waals surface area (Å²) in [4.78, 5) is 10.4. The third-order valence-electron chi connectivity index (χ3n) is 1.87. The summed E-state index contributed by atoms with van der Waals surface area (Å²) < 4.78 is 74.4. The molecule has 0 amide bonds. The molecule has 0 unspecified atom stereocenters. The van der Waals surface area contributed by atoms with Crippen LogP contribution in [0, 0.1) is 0 Å². The topological polar surface area (TPSA) is 17.1 Å². The molecule has 0 N–H and O–H groups in total. The first-order chi connectivity index (χ1) is 7.57. The smallest absolute Gasteiger partial charge is 0.298 e. The molecule has 1 aromatic rings. The molecule has 1 rings (SSSR count). The Labute approximate surface area is 96.0 Å². The molecular weight excluding hydrogens is 274 g/mol. The van der Waals surface area contributed by atoms with Gasteiger partial charge in [-0.1, -0.05) is 11.6 Å². The maximum atomic E-state index is 12.4. The molecule has 94 valence electrons. The molecule has 0 saturated carbocycles. The third kappa shape index (κ3) is 2.91. The van der Waals surface area contributed by atoms with Crippen molar-refractivity contribution < 1.29 is 31.1 Å². The van der Waals surface area contributed by atoms with Gasteiger partial charge in [-0.3, -0.25) is 4.79 Å². The molecule has 0 fully saturated rings. The van der Waals surface area contributed by atoms with Crippen LogP contribution in [0.2, 0.25) is 5.02 Å². The molecule has 0 heterocycles. The number of halogens is 7. The van der Waals surface area contributed by atoms with E-state index in [0.717, 1.165) is 0 Å². The van der Waals surface area contributed by atoms with Gasteiger partial charge in [0.05, 0.1) is 11.1 Å². The number of rotatable bonds is 1. The fourth-order valence-corrected chi connectivity index (χ4v) is 1.43. The minimum absolute atomic E-state index is 0.278. The van der Waals surface area contributed by atoms with Gasteiger partial charge < -0.3 is 0 Å². The number of alkyl halides is 6. The van der Waals surface area contributed by atoms with Crippen molar-refractivity contribution >= 4 is 17.9 Å². The molecule has 0 aliphatic rings. The second kappa shape index (κ2) is 4.21. The first kappa shape index (κ1) is 13.8. The van der Waals surface area contributed by atoms with E-state index in [1.807, 2.05) is 0 Å². The van der Waals surface area contributed by atoms with Crippen molar-refractivity contribution in [3.8, 4) is 0 Å². The van der Waals surface area contributed by atoms with Crippen molar-refractivity contribution in [2.24, 2.45) is 0 Å². The lowest BCUT2D eigenvalue weighted by Gasteiger charge is -2.15. The van der Waals surface area contributed by atoms with Gasteiger partial charge in [0.25, 0.3) is 0 Å². The lowest BCUT2D eigenvalue weighted by atomic mass is 10.0. The van der Waals surface area contributed by atoms with Gasteiger partial charge in [0.2, 0.25) is 0 Å². The van der Waals surface area contributed by atoms with E-state index >= 15 is 0 Å². The standard InChI is InChI=1S/C9H3ClF6O/c10-4-1-6(8(11,12)13)5(3-17)7(2-4)9(14,15)16/h1-3H. The Morgan fingerprint density at radius 2 is 1.29 bits per heavy atom. The highest BCUT2D eigenvalue weighted by molar-refractivity contribution is 6.30. The van der Waals surface area contributed by atoms with E-state index in [-0.39, 0.29) is 12.1 Å². The van der Waals surface area contributed by atoms with Gasteiger partial charge in [0.1, 0.15) is 0 Å². The van der Waals surface area contributed by atoms with Crippen LogP contribution in [0.15, 0.2) is 12.1 Å². The second-order valence-corrected chi connectivity index (χ2v) is 3.46. The van der Waals surface area contributed by atoms with Gasteiger partial charge in [0, 0.05) is 10.6 Å². The van der Waals surface area contributed by atoms with Crippen LogP contribution in [0.5, 0.6) is 0 Å². The Bertz CT molecular complexity index is 413. The lowest BCUT2D eigenvalue weighted by molar-refractivity contribution is -0.143. The van der Waals surface area contributed by atoms with E-state index in [4.69, 9.17) is 11.6 Å². The summed E-state index contributed by atoms with van der Waals surface area (Å²) in [5.74, 6) is 0. The normalized spacial score (nSPS) is 12.6. The number of carbonyl (C=O) groups is 1. The monoisotopic (exact) mass is 276 g/mol. The summed E-state index contributed by atoms with van der Waals surface area (Å²) in [5.41, 5.74) is -4.87. The summed E-state index contributed by atoms with van der Waals surface area (Å²) in [6, 6.07) is 0.557. The van der Waals surface area contributed by atoms with Gasteiger partial charge in [0.15, 0.2) is 6.29 Å². The zero-order chi connectivity index (χ0) is 13.4. The van der Waals surface area contributed by atoms with Gasteiger partial charge in [-0.15, -0.1) is 0 Å². The van der Waals surface area contributed by atoms with Crippen LogP contribution < -0.4 is 0 Å². The lowest BCUT2D eigenvalue weighted by Crippen LogP contribution is -2.16. The number of hydrogen-bond donors (Lipinski definition) is 0. The highest BCUT2D eigenvalue weighted by atomic mass is 35.5. The fraction of sp³-hybridized carbons (Fsp3) is 0.222. The third-order valence-corrected chi connectivity index (χ3v) is 2.09. The van der Waals surface area contributed by atoms with E-state index in [0.29, 0.717) is 0 Å². The number of hydrogen-bond acceptors (Lipinski definition) is 1. The zero-order valence-corrected chi connectivity index (χ0v) is 8.54. The largest absolute Gasteiger partial charge is 0.417 e. The molecule has 0 radical (unpaired) electrons. The van der Waals surface area contributed by atoms with Crippen LogP contribution >= 0.6 is 11.6 Å². The highest BCUT2D eigenvalue weighted by Crippen LogP contribution is 2.40. The predicted octanol–water partition coefficient (Wildman–Crippen LogP) is 4.19. The van der Waals surface area contributed by atoms with Crippen molar-refractivity contribution in [2.45, 2.75) is 12.4 Å². The molecule has 1 nitrogen and oxygen atoms in total. The van der Waals surface area contributed by atoms with Crippen LogP contribution in [0.1, 0.15) is 21.5 Å². The molecule has 1 aromatic carbocycles. The minimum atomic E-state index is -5.08. The zero-order valence-electron chi connectivity index (χ0n) is 7.79. The quantitative estimate of drug-likeness (QED) is 0.555. The predicted molar refractivity (Wildman–Crippen MR) is 46.8 cm³/mol. The van der Waals surface area contributed by atoms with E-state index in [9.17, 15) is 31.1 Å². The van der Waals surface area contributed by atoms with E-state index < -0.39 is 40.4 Å². The summed E-state index contributed by atoms with van der Waals surface area (Å²) in [5, 5.41) is -0.741. The number of benzene rings is 1. The maximum absolute atomic E-state index is 12.4. The average molecular weight is 277 g/mol. The molecule has 0 atom stereocenters. The molecule has 8 heteroatoms. The van der Waals surface area contributed by atoms with E-state index in [1.165, 1.54) is 0 Å². The highest BCUT2D eigenvalue weighted by Gasteiger charge is 2.41. The Kier molecular flexibility index (Phi) is 3.42. The summed E-state index contributed by atoms with van der Waals surface area (Å²) in [6.07, 6.45) is -10.6. The fourth-order valence-electron chi connectivity index (χ4n) is 1.21. The molecule has 17 heavy (non-hydrogen) atoms. The molecule has 0 spiro atoms. The van der Waals surface area contributed by atoms with Gasteiger partial charge in [-0.05, 0) is 12.1 Å². The van der Waals surface area contributed by atoms with E-state index in [1.54, 1.807) is 0 Å². The van der Waals surface area contributed by atoms with Crippen molar-refractivity contribution in [1.82, 2.24) is 0 Å². The minimum Gasteiger partial charge on any atom is -0.298 e. The van der Waals surface area contributed by atoms with Crippen LogP contribution in [0.3, 0.4) is 0 Å². The van der Waals surface area contributed by atoms with Crippen LogP contribution in [-0.2, 0) is 12.4 Å². The average Bonchev–Trinajstić information content (AvgIpc) is 2.13. The Morgan fingerprint density at radius 3 is 1.53 bits per heavy atom. The molecule has 0 aliphatic carbocycles. The van der Waals surface area contributed by atoms with E-state index in [2.05, 4.69) is 0 Å². The maximum Gasteiger partial charge on any atom is 0.417 e. The van der Waals surface area contributed by atoms with Crippen molar-refractivity contribution in [3.05, 3.63) is 33.8 Å². The van der Waals surface area contributed by atoms with Crippen molar-refractivity contribution in [1.29, 1.82) is 0 Å². The second-order valence-electron chi connectivity index (χ2n) is 3.03. The molecule has 0 aliphatic heterocycles. The van der Waals surface area contributed by atoms with Crippen LogP contribution in [-0.4, -0.2) is 6.29 Å².